The zero-order chi connectivity index (χ0) is 17.8. The van der Waals surface area contributed by atoms with Crippen LogP contribution in [0.15, 0.2) is 97.1 Å². The van der Waals surface area contributed by atoms with Gasteiger partial charge in [0.25, 0.3) is 0 Å². The van der Waals surface area contributed by atoms with Gasteiger partial charge in [0.2, 0.25) is 10.5 Å². The van der Waals surface area contributed by atoms with Gasteiger partial charge in [0.15, 0.2) is 0 Å². The summed E-state index contributed by atoms with van der Waals surface area (Å²) in [7, 11) is 0.635. The molecule has 0 amide bonds. The van der Waals surface area contributed by atoms with Crippen molar-refractivity contribution in [2.24, 2.45) is 0 Å². The summed E-state index contributed by atoms with van der Waals surface area (Å²) in [6.45, 7) is 0. The molecule has 0 N–H and O–H groups in total. The molecule has 0 fully saturated rings. The molecule has 1 radical (unpaired) electrons. The molecule has 26 heavy (non-hydrogen) atoms. The van der Waals surface area contributed by atoms with Crippen LogP contribution in [0, 0.1) is 6.07 Å². The molecule has 0 unspecified atom stereocenters. The molecule has 0 bridgehead atoms. The Morgan fingerprint density at radius 3 is 1.54 bits per heavy atom. The molecule has 0 saturated carbocycles. The Bertz CT molecular complexity index is 996. The molecule has 0 aliphatic carbocycles. The van der Waals surface area contributed by atoms with Gasteiger partial charge in [-0.15, -0.1) is 0 Å². The molecule has 0 aromatic heterocycles. The predicted octanol–water partition coefficient (Wildman–Crippen LogP) is 5.15. The van der Waals surface area contributed by atoms with Crippen LogP contribution >= 0.6 is 0 Å². The quantitative estimate of drug-likeness (QED) is 0.462. The number of rotatable bonds is 4. The zero-order valence-corrected chi connectivity index (χ0v) is 16.6. The molecule has 4 aromatic rings. The fourth-order valence-electron chi connectivity index (χ4n) is 3.31. The Kier molecular flexibility index (Phi) is 4.67. The highest BCUT2D eigenvalue weighted by molar-refractivity contribution is 6.03. The summed E-state index contributed by atoms with van der Waals surface area (Å²) in [5, 5.41) is 0. The van der Waals surface area contributed by atoms with E-state index >= 15 is 0 Å². The third-order valence-corrected chi connectivity index (χ3v) is 4.94. The summed E-state index contributed by atoms with van der Waals surface area (Å²) in [6.07, 6.45) is 0. The molecule has 0 aliphatic rings. The number of hydrogen-bond donors (Lipinski definition) is 0. The van der Waals surface area contributed by atoms with Gasteiger partial charge in [-0.25, -0.2) is 0 Å². The van der Waals surface area contributed by atoms with Crippen molar-refractivity contribution in [2.45, 2.75) is 0 Å². The van der Waals surface area contributed by atoms with Gasteiger partial charge in [-0.05, 0) is 34.4 Å². The Morgan fingerprint density at radius 1 is 0.577 bits per heavy atom. The van der Waals surface area contributed by atoms with Gasteiger partial charge >= 0.3 is 0 Å². The maximum Gasteiger partial charge on any atom is 0.204 e. The summed E-state index contributed by atoms with van der Waals surface area (Å²) in [5.74, 6) is 0.890. The van der Waals surface area contributed by atoms with Gasteiger partial charge in [-0.2, -0.15) is 0 Å². The Hall–Kier alpha value is -3.10. The Labute approximate surface area is 157 Å². The summed E-state index contributed by atoms with van der Waals surface area (Å²) >= 11 is 0. The lowest BCUT2D eigenvalue weighted by molar-refractivity contribution is 0.618. The van der Waals surface area contributed by atoms with Crippen LogP contribution in [0.25, 0.3) is 33.4 Å². The van der Waals surface area contributed by atoms with E-state index in [4.69, 9.17) is 4.43 Å². The molecule has 0 spiro atoms. The average Bonchev–Trinajstić information content (AvgIpc) is 2.74. The second-order valence-corrected chi connectivity index (χ2v) is 6.49. The number of hydrogen-bond acceptors (Lipinski definition) is 1. The van der Waals surface area contributed by atoms with Crippen LogP contribution in [0.1, 0.15) is 0 Å². The van der Waals surface area contributed by atoms with E-state index in [1.165, 1.54) is 5.56 Å². The lowest BCUT2D eigenvalue weighted by Gasteiger charge is -2.19. The van der Waals surface area contributed by atoms with Crippen molar-refractivity contribution in [1.82, 2.24) is 0 Å². The summed E-state index contributed by atoms with van der Waals surface area (Å²) in [5.41, 5.74) is 6.87. The van der Waals surface area contributed by atoms with Crippen molar-refractivity contribution in [3.05, 3.63) is 103 Å². The second kappa shape index (κ2) is 7.42. The predicted molar refractivity (Wildman–Crippen MR) is 112 cm³/mol. The van der Waals surface area contributed by atoms with E-state index in [0.717, 1.165) is 33.6 Å². The van der Waals surface area contributed by atoms with E-state index < -0.39 is 0 Å². The highest BCUT2D eigenvalue weighted by Gasteiger charge is 2.18. The molecule has 0 heterocycles. The minimum Gasteiger partial charge on any atom is -0.553 e. The first-order valence-corrected chi connectivity index (χ1v) is 9.49. The second-order valence-electron chi connectivity index (χ2n) is 6.08. The van der Waals surface area contributed by atoms with Crippen molar-refractivity contribution >= 4 is 10.5 Å². The van der Waals surface area contributed by atoms with E-state index in [2.05, 4.69) is 78.9 Å². The third-order valence-electron chi connectivity index (χ3n) is 4.50. The summed E-state index contributed by atoms with van der Waals surface area (Å²) in [6, 6.07) is 36.9. The monoisotopic (exact) mass is 351 g/mol. The minimum atomic E-state index is 0.635. The van der Waals surface area contributed by atoms with Gasteiger partial charge in [-0.3, -0.25) is 0 Å². The lowest BCUT2D eigenvalue weighted by Crippen LogP contribution is -1.96. The molecule has 0 aliphatic heterocycles. The summed E-state index contributed by atoms with van der Waals surface area (Å²) < 4.78 is 5.86. The number of benzene rings is 4. The minimum absolute atomic E-state index is 0.635. The van der Waals surface area contributed by atoms with E-state index in [-0.39, 0.29) is 0 Å². The van der Waals surface area contributed by atoms with Crippen molar-refractivity contribution in [1.29, 1.82) is 0 Å². The highest BCUT2D eigenvalue weighted by Crippen LogP contribution is 2.44. The van der Waals surface area contributed by atoms with Gasteiger partial charge in [0.05, 0.1) is 0 Å². The van der Waals surface area contributed by atoms with Crippen LogP contribution in [0.5, 0.6) is 5.75 Å². The van der Waals surface area contributed by atoms with E-state index in [9.17, 15) is 0 Å². The molecule has 125 valence electrons. The molecule has 4 aromatic carbocycles. The van der Waals surface area contributed by atoms with E-state index in [0.29, 0.717) is 10.5 Å². The van der Waals surface area contributed by atoms with E-state index in [1.807, 2.05) is 24.3 Å². The van der Waals surface area contributed by atoms with Gasteiger partial charge < -0.3 is 4.43 Å². The van der Waals surface area contributed by atoms with Crippen molar-refractivity contribution in [3.8, 4) is 39.1 Å². The van der Waals surface area contributed by atoms with Crippen LogP contribution in [0.3, 0.4) is 0 Å². The highest BCUT2D eigenvalue weighted by atomic mass is 28.2. The topological polar surface area (TPSA) is 9.23 Å². The molecule has 4 rings (SSSR count). The van der Waals surface area contributed by atoms with E-state index in [1.54, 1.807) is 0 Å². The molecule has 0 saturated heterocycles. The molecule has 1 nitrogen and oxygen atoms in total. The Morgan fingerprint density at radius 2 is 1.04 bits per heavy atom. The smallest absolute Gasteiger partial charge is 0.204 e. The lowest BCUT2D eigenvalue weighted by atomic mass is 9.87. The van der Waals surface area contributed by atoms with Crippen molar-refractivity contribution in [3.63, 3.8) is 0 Å². The summed E-state index contributed by atoms with van der Waals surface area (Å²) in [4.78, 5) is 0. The van der Waals surface area contributed by atoms with Crippen molar-refractivity contribution < 1.29 is 4.43 Å². The third kappa shape index (κ3) is 3.07. The fourth-order valence-corrected chi connectivity index (χ4v) is 3.63. The van der Waals surface area contributed by atoms with Crippen LogP contribution < -0.4 is 4.43 Å². The van der Waals surface area contributed by atoms with Gasteiger partial charge in [-0.1, -0.05) is 91.0 Å². The van der Waals surface area contributed by atoms with Crippen LogP contribution in [0.2, 0.25) is 0 Å². The SMILES string of the molecule is [SiH3]Oc1c[c]c(-c2ccccc2)c(-c2ccccc2)c1-c1ccccc1. The standard InChI is InChI=1S/C24H19OSi/c26-25-22-17-16-21(18-10-4-1-5-11-18)23(19-12-6-2-7-13-19)24(22)20-14-8-3-9-15-20/h1-15,17H,26H3. The zero-order valence-electron chi connectivity index (χ0n) is 14.6. The first-order chi connectivity index (χ1) is 12.9. The van der Waals surface area contributed by atoms with Crippen LogP contribution in [-0.4, -0.2) is 10.5 Å². The maximum atomic E-state index is 5.86. The first-order valence-electron chi connectivity index (χ1n) is 8.67. The van der Waals surface area contributed by atoms with Gasteiger partial charge in [0, 0.05) is 11.1 Å². The molecular weight excluding hydrogens is 332 g/mol. The fraction of sp³-hybridized carbons (Fsp3) is 0. The Balaban J connectivity index is 2.09. The van der Waals surface area contributed by atoms with Crippen LogP contribution in [-0.2, 0) is 0 Å². The van der Waals surface area contributed by atoms with Crippen LogP contribution in [0.4, 0.5) is 0 Å². The molecular formula is C24H19OSi. The largest absolute Gasteiger partial charge is 0.553 e. The van der Waals surface area contributed by atoms with Crippen molar-refractivity contribution in [2.75, 3.05) is 0 Å². The molecule has 0 atom stereocenters. The average molecular weight is 352 g/mol. The van der Waals surface area contributed by atoms with Gasteiger partial charge in [0.1, 0.15) is 5.75 Å². The first kappa shape index (κ1) is 16.4. The normalized spacial score (nSPS) is 10.6. The maximum absolute atomic E-state index is 5.86. The molecule has 2 heteroatoms.